The van der Waals surface area contributed by atoms with Crippen LogP contribution in [0.4, 0.5) is 0 Å². The van der Waals surface area contributed by atoms with Crippen LogP contribution in [0.15, 0.2) is 24.3 Å². The maximum atomic E-state index is 12.1. The van der Waals surface area contributed by atoms with Gasteiger partial charge in [0.05, 0.1) is 20.1 Å². The molecule has 0 bridgehead atoms. The molecule has 0 radical (unpaired) electrons. The van der Waals surface area contributed by atoms with Crippen molar-refractivity contribution >= 4 is 17.5 Å². The number of ether oxygens (including phenoxy) is 2. The van der Waals surface area contributed by atoms with Crippen LogP contribution in [0, 0.1) is 5.92 Å². The van der Waals surface area contributed by atoms with Gasteiger partial charge in [0.2, 0.25) is 0 Å². The largest absolute Gasteiger partial charge is 0.497 e. The van der Waals surface area contributed by atoms with Crippen molar-refractivity contribution in [3.63, 3.8) is 0 Å². The average Bonchev–Trinajstić information content (AvgIpc) is 2.46. The lowest BCUT2D eigenvalue weighted by molar-refractivity contribution is -0.154. The Morgan fingerprint density at radius 2 is 1.90 bits per heavy atom. The van der Waals surface area contributed by atoms with Crippen molar-refractivity contribution in [2.24, 2.45) is 5.92 Å². The summed E-state index contributed by atoms with van der Waals surface area (Å²) in [4.78, 5) is 35.8. The zero-order valence-corrected chi connectivity index (χ0v) is 12.1. The highest BCUT2D eigenvalue weighted by atomic mass is 16.5. The molecule has 5 heteroatoms. The lowest BCUT2D eigenvalue weighted by Crippen LogP contribution is -2.38. The second-order valence-electron chi connectivity index (χ2n) is 5.00. The summed E-state index contributed by atoms with van der Waals surface area (Å²) in [6.07, 6.45) is -0.00230. The fraction of sp³-hybridized carbons (Fsp3) is 0.438. The topological polar surface area (TPSA) is 69.7 Å². The summed E-state index contributed by atoms with van der Waals surface area (Å²) in [5.41, 5.74) is 0.773. The van der Waals surface area contributed by atoms with Gasteiger partial charge in [0.15, 0.2) is 5.78 Å². The number of carbonyl (C=O) groups is 3. The summed E-state index contributed by atoms with van der Waals surface area (Å²) in [5, 5.41) is 0. The Balaban J connectivity index is 2.32. The molecule has 5 nitrogen and oxygen atoms in total. The van der Waals surface area contributed by atoms with Crippen LogP contribution in [0.3, 0.4) is 0 Å². The fourth-order valence-corrected chi connectivity index (χ4v) is 2.65. The molecule has 0 heterocycles. The molecule has 0 aliphatic heterocycles. The van der Waals surface area contributed by atoms with Crippen molar-refractivity contribution in [1.29, 1.82) is 0 Å². The number of ketones is 2. The number of hydrogen-bond donors (Lipinski definition) is 0. The molecule has 2 rings (SSSR count). The van der Waals surface area contributed by atoms with E-state index >= 15 is 0 Å². The van der Waals surface area contributed by atoms with Gasteiger partial charge in [-0.25, -0.2) is 0 Å². The number of rotatable bonds is 4. The first-order chi connectivity index (χ1) is 10.1. The second-order valence-corrected chi connectivity index (χ2v) is 5.00. The summed E-state index contributed by atoms with van der Waals surface area (Å²) >= 11 is 0. The van der Waals surface area contributed by atoms with E-state index in [4.69, 9.17) is 9.47 Å². The van der Waals surface area contributed by atoms with E-state index in [9.17, 15) is 14.4 Å². The highest BCUT2D eigenvalue weighted by Crippen LogP contribution is 2.35. The summed E-state index contributed by atoms with van der Waals surface area (Å²) in [5.74, 6) is -1.71. The summed E-state index contributed by atoms with van der Waals surface area (Å²) in [6, 6.07) is 7.06. The van der Waals surface area contributed by atoms with Crippen LogP contribution in [0.1, 0.15) is 31.2 Å². The molecule has 1 aliphatic rings. The molecule has 0 saturated heterocycles. The van der Waals surface area contributed by atoms with E-state index in [1.54, 1.807) is 38.3 Å². The van der Waals surface area contributed by atoms with Gasteiger partial charge in [0.1, 0.15) is 17.5 Å². The molecule has 0 unspecified atom stereocenters. The molecular weight excluding hydrogens is 272 g/mol. The molecule has 112 valence electrons. The van der Waals surface area contributed by atoms with Crippen LogP contribution in [0.25, 0.3) is 0 Å². The Morgan fingerprint density at radius 3 is 2.48 bits per heavy atom. The predicted octanol–water partition coefficient (Wildman–Crippen LogP) is 1.89. The van der Waals surface area contributed by atoms with Crippen LogP contribution in [-0.2, 0) is 19.1 Å². The van der Waals surface area contributed by atoms with E-state index in [1.807, 2.05) is 0 Å². The quantitative estimate of drug-likeness (QED) is 0.625. The van der Waals surface area contributed by atoms with Crippen LogP contribution < -0.4 is 4.74 Å². The third kappa shape index (κ3) is 3.29. The van der Waals surface area contributed by atoms with Crippen LogP contribution in [-0.4, -0.2) is 31.3 Å². The van der Waals surface area contributed by atoms with E-state index in [2.05, 4.69) is 0 Å². The van der Waals surface area contributed by atoms with Gasteiger partial charge in [-0.2, -0.15) is 0 Å². The normalized spacial score (nSPS) is 22.0. The molecule has 1 fully saturated rings. The van der Waals surface area contributed by atoms with Crippen molar-refractivity contribution in [2.45, 2.75) is 25.7 Å². The molecular formula is C16H18O5. The van der Waals surface area contributed by atoms with Crippen LogP contribution >= 0.6 is 0 Å². The van der Waals surface area contributed by atoms with Crippen molar-refractivity contribution < 1.29 is 23.9 Å². The Bertz CT molecular complexity index is 546. The Morgan fingerprint density at radius 1 is 1.24 bits per heavy atom. The standard InChI is InChI=1S/C16H18O5/c1-3-21-16(19)15-13(8-11(17)9-14(15)18)10-4-6-12(20-2)7-5-10/h4-7,13,15H,3,8-9H2,1-2H3/t13-,15-/m0/s1. The summed E-state index contributed by atoms with van der Waals surface area (Å²) in [6.45, 7) is 1.91. The smallest absolute Gasteiger partial charge is 0.317 e. The van der Waals surface area contributed by atoms with Gasteiger partial charge in [-0.1, -0.05) is 12.1 Å². The van der Waals surface area contributed by atoms with E-state index in [0.29, 0.717) is 5.75 Å². The third-order valence-corrected chi connectivity index (χ3v) is 3.65. The molecule has 1 aromatic rings. The van der Waals surface area contributed by atoms with Crippen molar-refractivity contribution in [3.8, 4) is 5.75 Å². The minimum Gasteiger partial charge on any atom is -0.497 e. The summed E-state index contributed by atoms with van der Waals surface area (Å²) < 4.78 is 10.1. The van der Waals surface area contributed by atoms with Gasteiger partial charge < -0.3 is 9.47 Å². The number of hydrogen-bond acceptors (Lipinski definition) is 5. The van der Waals surface area contributed by atoms with Crippen molar-refractivity contribution in [1.82, 2.24) is 0 Å². The number of benzene rings is 1. The minimum absolute atomic E-state index is 0.138. The summed E-state index contributed by atoms with van der Waals surface area (Å²) in [7, 11) is 1.56. The molecule has 1 aromatic carbocycles. The molecule has 2 atom stereocenters. The van der Waals surface area contributed by atoms with Gasteiger partial charge in [-0.3, -0.25) is 14.4 Å². The Kier molecular flexibility index (Phi) is 4.73. The number of esters is 1. The Hall–Kier alpha value is -2.17. The van der Waals surface area contributed by atoms with E-state index < -0.39 is 17.8 Å². The van der Waals surface area contributed by atoms with Gasteiger partial charge in [-0.05, 0) is 24.6 Å². The first kappa shape index (κ1) is 15.2. The lowest BCUT2D eigenvalue weighted by atomic mass is 9.74. The van der Waals surface area contributed by atoms with Gasteiger partial charge in [0, 0.05) is 12.3 Å². The number of Topliss-reactive ketones (excluding diaryl/α,β-unsaturated/α-hetero) is 2. The maximum absolute atomic E-state index is 12.1. The highest BCUT2D eigenvalue weighted by molar-refractivity contribution is 6.11. The van der Waals surface area contributed by atoms with Gasteiger partial charge in [0.25, 0.3) is 0 Å². The van der Waals surface area contributed by atoms with E-state index in [0.717, 1.165) is 5.56 Å². The third-order valence-electron chi connectivity index (χ3n) is 3.65. The Labute approximate surface area is 123 Å². The monoisotopic (exact) mass is 290 g/mol. The van der Waals surface area contributed by atoms with Gasteiger partial charge >= 0.3 is 5.97 Å². The SMILES string of the molecule is CCOC(=O)[C@@H]1C(=O)CC(=O)C[C@H]1c1ccc(OC)cc1. The van der Waals surface area contributed by atoms with E-state index in [1.165, 1.54) is 0 Å². The zero-order valence-electron chi connectivity index (χ0n) is 12.1. The number of carbonyl (C=O) groups excluding carboxylic acids is 3. The lowest BCUT2D eigenvalue weighted by Gasteiger charge is -2.28. The minimum atomic E-state index is -0.893. The molecule has 0 spiro atoms. The van der Waals surface area contributed by atoms with E-state index in [-0.39, 0.29) is 31.0 Å². The van der Waals surface area contributed by atoms with Crippen molar-refractivity contribution in [3.05, 3.63) is 29.8 Å². The predicted molar refractivity (Wildman–Crippen MR) is 75.1 cm³/mol. The maximum Gasteiger partial charge on any atom is 0.317 e. The van der Waals surface area contributed by atoms with Crippen molar-refractivity contribution in [2.75, 3.05) is 13.7 Å². The molecule has 0 N–H and O–H groups in total. The first-order valence-electron chi connectivity index (χ1n) is 6.91. The first-order valence-corrected chi connectivity index (χ1v) is 6.91. The molecule has 1 aliphatic carbocycles. The highest BCUT2D eigenvalue weighted by Gasteiger charge is 2.42. The van der Waals surface area contributed by atoms with Crippen LogP contribution in [0.5, 0.6) is 5.75 Å². The molecule has 0 amide bonds. The molecule has 1 saturated carbocycles. The van der Waals surface area contributed by atoms with Crippen LogP contribution in [0.2, 0.25) is 0 Å². The molecule has 21 heavy (non-hydrogen) atoms. The zero-order chi connectivity index (χ0) is 15.4. The number of methoxy groups -OCH3 is 1. The fourth-order valence-electron chi connectivity index (χ4n) is 2.65. The van der Waals surface area contributed by atoms with Gasteiger partial charge in [-0.15, -0.1) is 0 Å². The molecule has 0 aromatic heterocycles. The average molecular weight is 290 g/mol. The second kappa shape index (κ2) is 6.52.